The predicted molar refractivity (Wildman–Crippen MR) is 75.6 cm³/mol. The van der Waals surface area contributed by atoms with E-state index in [1.165, 1.54) is 12.1 Å². The molecule has 0 aliphatic carbocycles. The third kappa shape index (κ3) is 2.96. The van der Waals surface area contributed by atoms with Crippen molar-refractivity contribution in [3.63, 3.8) is 0 Å². The van der Waals surface area contributed by atoms with Crippen molar-refractivity contribution in [2.45, 2.75) is 25.7 Å². The molecule has 1 aliphatic heterocycles. The van der Waals surface area contributed by atoms with Crippen molar-refractivity contribution in [1.29, 1.82) is 0 Å². The number of likely N-dealkylation sites (tertiary alicyclic amines) is 1. The second-order valence-corrected chi connectivity index (χ2v) is 6.55. The number of nitrogens with zero attached hydrogens (tertiary/aromatic N) is 1. The van der Waals surface area contributed by atoms with Gasteiger partial charge < -0.3 is 10.0 Å². The Kier molecular flexibility index (Phi) is 4.58. The number of carbonyl (C=O) groups is 1. The molecule has 24 heavy (non-hydrogen) atoms. The Hall–Kier alpha value is -1.45. The second-order valence-electron chi connectivity index (χ2n) is 5.70. The van der Waals surface area contributed by atoms with Crippen LogP contribution in [0.5, 0.6) is 5.75 Å². The van der Waals surface area contributed by atoms with E-state index in [-0.39, 0.29) is 10.0 Å². The van der Waals surface area contributed by atoms with Gasteiger partial charge >= 0.3 is 12.4 Å². The first kappa shape index (κ1) is 18.9. The van der Waals surface area contributed by atoms with Gasteiger partial charge in [0.25, 0.3) is 5.91 Å². The third-order valence-corrected chi connectivity index (χ3v) is 4.68. The van der Waals surface area contributed by atoms with Crippen molar-refractivity contribution >= 4 is 21.8 Å². The number of hydrogen-bond donors (Lipinski definition) is 1. The first-order chi connectivity index (χ1) is 10.8. The highest BCUT2D eigenvalue weighted by atomic mass is 79.9. The standard InChI is InChI=1S/C14H12BrF6NO2/c1-7-4-8(10(23)9(15)5-7)11(24)22-3-2-12(6-22,13(16,17)18)14(19,20)21/h4-5,23H,2-3,6H2,1H3. The van der Waals surface area contributed by atoms with Crippen LogP contribution in [0.3, 0.4) is 0 Å². The lowest BCUT2D eigenvalue weighted by Gasteiger charge is -2.33. The largest absolute Gasteiger partial charge is 0.506 e. The molecule has 0 saturated carbocycles. The summed E-state index contributed by atoms with van der Waals surface area (Å²) < 4.78 is 78.4. The Morgan fingerprint density at radius 1 is 1.21 bits per heavy atom. The van der Waals surface area contributed by atoms with Gasteiger partial charge in [0, 0.05) is 13.1 Å². The van der Waals surface area contributed by atoms with E-state index in [0.717, 1.165) is 0 Å². The molecule has 0 atom stereocenters. The van der Waals surface area contributed by atoms with Gasteiger partial charge in [-0.15, -0.1) is 0 Å². The summed E-state index contributed by atoms with van der Waals surface area (Å²) >= 11 is 2.98. The lowest BCUT2D eigenvalue weighted by molar-refractivity contribution is -0.334. The molecule has 0 aromatic heterocycles. The molecule has 10 heteroatoms. The normalized spacial score (nSPS) is 18.1. The number of aromatic hydroxyl groups is 1. The maximum Gasteiger partial charge on any atom is 0.404 e. The Labute approximate surface area is 141 Å². The van der Waals surface area contributed by atoms with Gasteiger partial charge in [0.15, 0.2) is 5.41 Å². The number of aryl methyl sites for hydroxylation is 1. The van der Waals surface area contributed by atoms with Gasteiger partial charge in [-0.2, -0.15) is 26.3 Å². The molecule has 1 aliphatic rings. The van der Waals surface area contributed by atoms with Gasteiger partial charge in [0.05, 0.1) is 10.0 Å². The molecule has 0 radical (unpaired) electrons. The summed E-state index contributed by atoms with van der Waals surface area (Å²) in [5, 5.41) is 9.86. The Morgan fingerprint density at radius 2 is 1.75 bits per heavy atom. The van der Waals surface area contributed by atoms with Crippen LogP contribution >= 0.6 is 15.9 Å². The number of amides is 1. The number of phenols is 1. The molecule has 2 rings (SSSR count). The quantitative estimate of drug-likeness (QED) is 0.684. The van der Waals surface area contributed by atoms with E-state index >= 15 is 0 Å². The minimum absolute atomic E-state index is 0.128. The second kappa shape index (κ2) is 5.82. The molecule has 1 saturated heterocycles. The fourth-order valence-electron chi connectivity index (χ4n) is 2.67. The van der Waals surface area contributed by atoms with Crippen LogP contribution in [-0.4, -0.2) is 41.4 Å². The van der Waals surface area contributed by atoms with Crippen molar-refractivity contribution in [2.75, 3.05) is 13.1 Å². The molecule has 3 nitrogen and oxygen atoms in total. The summed E-state index contributed by atoms with van der Waals surface area (Å²) in [6, 6.07) is 2.68. The fourth-order valence-corrected chi connectivity index (χ4v) is 3.25. The van der Waals surface area contributed by atoms with Crippen LogP contribution < -0.4 is 0 Å². The Bertz CT molecular complexity index is 656. The zero-order valence-electron chi connectivity index (χ0n) is 12.2. The number of benzene rings is 1. The van der Waals surface area contributed by atoms with E-state index in [1.807, 2.05) is 0 Å². The summed E-state index contributed by atoms with van der Waals surface area (Å²) in [6.45, 7) is -0.659. The smallest absolute Gasteiger partial charge is 0.404 e. The SMILES string of the molecule is Cc1cc(Br)c(O)c(C(=O)N2CCC(C(F)(F)F)(C(F)(F)F)C2)c1. The van der Waals surface area contributed by atoms with Gasteiger partial charge in [-0.3, -0.25) is 4.79 Å². The zero-order chi connectivity index (χ0) is 18.5. The molecular weight excluding hydrogens is 408 g/mol. The van der Waals surface area contributed by atoms with E-state index in [9.17, 15) is 36.2 Å². The van der Waals surface area contributed by atoms with Crippen molar-refractivity contribution in [1.82, 2.24) is 4.90 Å². The van der Waals surface area contributed by atoms with Gasteiger partial charge in [0.1, 0.15) is 5.75 Å². The topological polar surface area (TPSA) is 40.5 Å². The third-order valence-electron chi connectivity index (χ3n) is 4.08. The van der Waals surface area contributed by atoms with Crippen LogP contribution in [-0.2, 0) is 0 Å². The highest BCUT2D eigenvalue weighted by Crippen LogP contribution is 2.55. The van der Waals surface area contributed by atoms with Crippen LogP contribution in [0.4, 0.5) is 26.3 Å². The highest BCUT2D eigenvalue weighted by molar-refractivity contribution is 9.10. The van der Waals surface area contributed by atoms with Gasteiger partial charge in [-0.1, -0.05) is 0 Å². The van der Waals surface area contributed by atoms with Crippen LogP contribution in [0, 0.1) is 12.3 Å². The zero-order valence-corrected chi connectivity index (χ0v) is 13.8. The average molecular weight is 420 g/mol. The minimum atomic E-state index is -5.53. The molecule has 1 heterocycles. The molecule has 1 aromatic rings. The highest BCUT2D eigenvalue weighted by Gasteiger charge is 2.72. The first-order valence-corrected chi connectivity index (χ1v) is 7.51. The molecule has 1 amide bonds. The first-order valence-electron chi connectivity index (χ1n) is 6.72. The van der Waals surface area contributed by atoms with Crippen molar-refractivity contribution in [3.8, 4) is 5.75 Å². The predicted octanol–water partition coefficient (Wildman–Crippen LogP) is 4.42. The summed E-state index contributed by atoms with van der Waals surface area (Å²) in [5.41, 5.74) is -3.78. The Morgan fingerprint density at radius 3 is 2.21 bits per heavy atom. The maximum absolute atomic E-state index is 13.0. The lowest BCUT2D eigenvalue weighted by atomic mass is 9.85. The molecule has 134 valence electrons. The minimum Gasteiger partial charge on any atom is -0.506 e. The number of hydrogen-bond acceptors (Lipinski definition) is 2. The molecule has 1 aromatic carbocycles. The summed E-state index contributed by atoms with van der Waals surface area (Å²) in [5.74, 6) is -1.60. The van der Waals surface area contributed by atoms with E-state index in [4.69, 9.17) is 0 Å². The number of carbonyl (C=O) groups excluding carboxylic acids is 1. The van der Waals surface area contributed by atoms with E-state index in [2.05, 4.69) is 15.9 Å². The van der Waals surface area contributed by atoms with Crippen molar-refractivity contribution in [3.05, 3.63) is 27.7 Å². The summed E-state index contributed by atoms with van der Waals surface area (Å²) in [4.78, 5) is 12.8. The van der Waals surface area contributed by atoms with Crippen LogP contribution in [0.2, 0.25) is 0 Å². The molecule has 1 fully saturated rings. The molecular formula is C14H12BrF6NO2. The van der Waals surface area contributed by atoms with Gasteiger partial charge in [-0.25, -0.2) is 0 Å². The van der Waals surface area contributed by atoms with Crippen LogP contribution in [0.1, 0.15) is 22.3 Å². The molecule has 0 spiro atoms. The van der Waals surface area contributed by atoms with Gasteiger partial charge in [-0.05, 0) is 47.0 Å². The van der Waals surface area contributed by atoms with Crippen LogP contribution in [0.25, 0.3) is 0 Å². The number of alkyl halides is 6. The van der Waals surface area contributed by atoms with Crippen molar-refractivity contribution < 1.29 is 36.2 Å². The lowest BCUT2D eigenvalue weighted by Crippen LogP contribution is -2.52. The molecule has 0 unspecified atom stereocenters. The number of phenolic OH excluding ortho intramolecular Hbond substituents is 1. The van der Waals surface area contributed by atoms with E-state index in [1.54, 1.807) is 6.92 Å². The molecule has 1 N–H and O–H groups in total. The summed E-state index contributed by atoms with van der Waals surface area (Å²) in [7, 11) is 0. The maximum atomic E-state index is 13.0. The number of rotatable bonds is 1. The van der Waals surface area contributed by atoms with E-state index < -0.39 is 48.9 Å². The van der Waals surface area contributed by atoms with Crippen molar-refractivity contribution in [2.24, 2.45) is 5.41 Å². The van der Waals surface area contributed by atoms with Crippen LogP contribution in [0.15, 0.2) is 16.6 Å². The number of halogens is 7. The average Bonchev–Trinajstić information content (AvgIpc) is 2.87. The molecule has 0 bridgehead atoms. The monoisotopic (exact) mass is 419 g/mol. The fraction of sp³-hybridized carbons (Fsp3) is 0.500. The summed E-state index contributed by atoms with van der Waals surface area (Å²) in [6.07, 6.45) is -12.3. The van der Waals surface area contributed by atoms with Gasteiger partial charge in [0.2, 0.25) is 0 Å². The Balaban J connectivity index is 2.38. The van der Waals surface area contributed by atoms with E-state index in [0.29, 0.717) is 10.5 Å².